The fourth-order valence-corrected chi connectivity index (χ4v) is 1.92. The number of rotatable bonds is 2. The van der Waals surface area contributed by atoms with E-state index in [9.17, 15) is 30.7 Å². The largest absolute Gasteiger partial charge is 0.207 e. The number of halogens is 7. The maximum absolute atomic E-state index is 13.6. The van der Waals surface area contributed by atoms with Crippen LogP contribution in [0.4, 0.5) is 30.7 Å². The van der Waals surface area contributed by atoms with E-state index in [2.05, 4.69) is 0 Å². The van der Waals surface area contributed by atoms with Crippen LogP contribution in [0.25, 0.3) is 0 Å². The van der Waals surface area contributed by atoms with E-state index >= 15 is 0 Å². The van der Waals surface area contributed by atoms with Crippen LogP contribution in [-0.4, -0.2) is 7.28 Å². The summed E-state index contributed by atoms with van der Waals surface area (Å²) in [5.41, 5.74) is -2.21. The Morgan fingerprint density at radius 3 is 1.57 bits per heavy atom. The maximum atomic E-state index is 13.6. The van der Waals surface area contributed by atoms with E-state index in [1.807, 2.05) is 0 Å². The normalized spacial score (nSPS) is 10.9. The quantitative estimate of drug-likeness (QED) is 0.454. The zero-order chi connectivity index (χ0) is 15.9. The molecule has 2 aromatic rings. The number of benzene rings is 2. The van der Waals surface area contributed by atoms with Crippen molar-refractivity contribution in [1.82, 2.24) is 0 Å². The molecule has 0 amide bonds. The molecule has 0 atom stereocenters. The van der Waals surface area contributed by atoms with Crippen molar-refractivity contribution in [3.8, 4) is 0 Å². The van der Waals surface area contributed by atoms with Gasteiger partial charge in [0.25, 0.3) is 0 Å². The van der Waals surface area contributed by atoms with Gasteiger partial charge in [-0.2, -0.15) is 0 Å². The lowest BCUT2D eigenvalue weighted by atomic mass is 9.61. The monoisotopic (exact) mass is 306 g/mol. The highest BCUT2D eigenvalue weighted by atomic mass is 19.2. The SMILES string of the molecule is Cc1c(F)c(F)cc(F)c1Bc1c(F)c(F)cc(F)c1F. The molecule has 0 unspecified atom stereocenters. The van der Waals surface area contributed by atoms with Gasteiger partial charge < -0.3 is 0 Å². The Labute approximate surface area is 115 Å². The molecule has 21 heavy (non-hydrogen) atoms. The van der Waals surface area contributed by atoms with Gasteiger partial charge in [0.2, 0.25) is 7.28 Å². The molecule has 0 saturated heterocycles. The molecule has 0 nitrogen and oxygen atoms in total. The van der Waals surface area contributed by atoms with Gasteiger partial charge in [0.15, 0.2) is 34.9 Å². The first-order valence-corrected chi connectivity index (χ1v) is 5.68. The topological polar surface area (TPSA) is 0 Å². The van der Waals surface area contributed by atoms with Gasteiger partial charge in [0.05, 0.1) is 0 Å². The van der Waals surface area contributed by atoms with Crippen LogP contribution in [0.5, 0.6) is 0 Å². The van der Waals surface area contributed by atoms with Crippen LogP contribution in [-0.2, 0) is 0 Å². The Morgan fingerprint density at radius 1 is 0.619 bits per heavy atom. The van der Waals surface area contributed by atoms with Gasteiger partial charge in [-0.3, -0.25) is 0 Å². The standard InChI is InChI=1S/C13H6BF7/c1-4-9(5(15)2-6(16)11(4)19)14-10-12(20)7(17)3-8(18)13(10)21/h2-3,14H,1H3. The van der Waals surface area contributed by atoms with E-state index in [0.717, 1.165) is 6.92 Å². The van der Waals surface area contributed by atoms with Crippen LogP contribution in [0, 0.1) is 47.6 Å². The van der Waals surface area contributed by atoms with Crippen LogP contribution < -0.4 is 10.9 Å². The lowest BCUT2D eigenvalue weighted by Gasteiger charge is -2.10. The predicted octanol–water partition coefficient (Wildman–Crippen LogP) is 2.36. The third kappa shape index (κ3) is 2.62. The molecular weight excluding hydrogens is 300 g/mol. The Balaban J connectivity index is 2.62. The van der Waals surface area contributed by atoms with E-state index in [4.69, 9.17) is 0 Å². The summed E-state index contributed by atoms with van der Waals surface area (Å²) in [7, 11) is -0.957. The molecule has 0 radical (unpaired) electrons. The summed E-state index contributed by atoms with van der Waals surface area (Å²) >= 11 is 0. The molecule has 0 aliphatic heterocycles. The summed E-state index contributed by atoms with van der Waals surface area (Å²) in [5, 5.41) is 0. The predicted molar refractivity (Wildman–Crippen MR) is 63.7 cm³/mol. The van der Waals surface area contributed by atoms with Crippen LogP contribution >= 0.6 is 0 Å². The summed E-state index contributed by atoms with van der Waals surface area (Å²) < 4.78 is 93.0. The average molecular weight is 306 g/mol. The summed E-state index contributed by atoms with van der Waals surface area (Å²) in [5.74, 6) is -10.9. The molecule has 0 bridgehead atoms. The van der Waals surface area contributed by atoms with E-state index < -0.39 is 64.5 Å². The summed E-state index contributed by atoms with van der Waals surface area (Å²) in [6, 6.07) is 0.200. The Kier molecular flexibility index (Phi) is 3.98. The first-order chi connectivity index (χ1) is 9.73. The second-order valence-corrected chi connectivity index (χ2v) is 4.38. The first kappa shape index (κ1) is 15.4. The molecule has 110 valence electrons. The van der Waals surface area contributed by atoms with Crippen LogP contribution in [0.3, 0.4) is 0 Å². The van der Waals surface area contributed by atoms with Crippen LogP contribution in [0.15, 0.2) is 12.1 Å². The van der Waals surface area contributed by atoms with E-state index in [1.165, 1.54) is 0 Å². The van der Waals surface area contributed by atoms with Crippen molar-refractivity contribution in [3.63, 3.8) is 0 Å². The molecular formula is C13H6BF7. The zero-order valence-electron chi connectivity index (χ0n) is 10.5. The Morgan fingerprint density at radius 2 is 1.05 bits per heavy atom. The van der Waals surface area contributed by atoms with Gasteiger partial charge in [-0.05, 0) is 23.4 Å². The molecule has 0 saturated carbocycles. The van der Waals surface area contributed by atoms with Crippen LogP contribution in [0.1, 0.15) is 5.56 Å². The van der Waals surface area contributed by atoms with Gasteiger partial charge in [-0.25, -0.2) is 30.7 Å². The van der Waals surface area contributed by atoms with Gasteiger partial charge in [-0.1, -0.05) is 0 Å². The average Bonchev–Trinajstić information content (AvgIpc) is 2.42. The Hall–Kier alpha value is -1.99. The van der Waals surface area contributed by atoms with E-state index in [1.54, 1.807) is 0 Å². The molecule has 2 rings (SSSR count). The van der Waals surface area contributed by atoms with Gasteiger partial charge >= 0.3 is 0 Å². The van der Waals surface area contributed by atoms with Gasteiger partial charge in [0.1, 0.15) is 5.82 Å². The van der Waals surface area contributed by atoms with Crippen molar-refractivity contribution in [2.24, 2.45) is 0 Å². The minimum absolute atomic E-state index is 0.00260. The lowest BCUT2D eigenvalue weighted by Crippen LogP contribution is -2.38. The molecule has 0 aliphatic carbocycles. The number of hydrogen-bond acceptors (Lipinski definition) is 0. The molecule has 0 N–H and O–H groups in total. The third-order valence-electron chi connectivity index (χ3n) is 3.09. The summed E-state index contributed by atoms with van der Waals surface area (Å²) in [4.78, 5) is 0. The fourth-order valence-electron chi connectivity index (χ4n) is 1.92. The highest BCUT2D eigenvalue weighted by Crippen LogP contribution is 2.13. The molecule has 0 aliphatic rings. The van der Waals surface area contributed by atoms with E-state index in [0.29, 0.717) is 0 Å². The fraction of sp³-hybridized carbons (Fsp3) is 0.0769. The van der Waals surface area contributed by atoms with Crippen molar-refractivity contribution in [2.75, 3.05) is 0 Å². The minimum atomic E-state index is -1.71. The van der Waals surface area contributed by atoms with Gasteiger partial charge in [-0.15, -0.1) is 0 Å². The molecule has 8 heteroatoms. The van der Waals surface area contributed by atoms with Gasteiger partial charge in [0, 0.05) is 12.1 Å². The van der Waals surface area contributed by atoms with Crippen molar-refractivity contribution in [2.45, 2.75) is 6.92 Å². The lowest BCUT2D eigenvalue weighted by molar-refractivity contribution is 0.463. The molecule has 0 spiro atoms. The van der Waals surface area contributed by atoms with Crippen molar-refractivity contribution < 1.29 is 30.7 Å². The Bertz CT molecular complexity index is 701. The van der Waals surface area contributed by atoms with Crippen molar-refractivity contribution in [3.05, 3.63) is 58.4 Å². The zero-order valence-corrected chi connectivity index (χ0v) is 10.5. The molecule has 0 aromatic heterocycles. The smallest absolute Gasteiger partial charge is 0.204 e. The van der Waals surface area contributed by atoms with Crippen molar-refractivity contribution >= 4 is 18.2 Å². The number of hydrogen-bond donors (Lipinski definition) is 0. The highest BCUT2D eigenvalue weighted by Gasteiger charge is 2.24. The molecule has 0 fully saturated rings. The molecule has 2 aromatic carbocycles. The second kappa shape index (κ2) is 5.42. The van der Waals surface area contributed by atoms with E-state index in [-0.39, 0.29) is 12.1 Å². The summed E-state index contributed by atoms with van der Waals surface area (Å²) in [6.45, 7) is 0.988. The highest BCUT2D eigenvalue weighted by molar-refractivity contribution is 6.68. The molecule has 0 heterocycles. The van der Waals surface area contributed by atoms with Crippen molar-refractivity contribution in [1.29, 1.82) is 0 Å². The summed E-state index contributed by atoms with van der Waals surface area (Å²) in [6.07, 6.45) is 0. The maximum Gasteiger partial charge on any atom is 0.204 e. The third-order valence-corrected chi connectivity index (χ3v) is 3.09. The second-order valence-electron chi connectivity index (χ2n) is 4.38. The first-order valence-electron chi connectivity index (χ1n) is 5.68. The minimum Gasteiger partial charge on any atom is -0.207 e. The van der Waals surface area contributed by atoms with Crippen LogP contribution in [0.2, 0.25) is 0 Å².